The fraction of sp³-hybridized carbons (Fsp3) is 0.556. The number of rotatable bonds is 4. The largest absolute Gasteiger partial charge is 0.496 e. The molecule has 0 aromatic heterocycles. The van der Waals surface area contributed by atoms with E-state index in [-0.39, 0.29) is 11.8 Å². The van der Waals surface area contributed by atoms with Crippen molar-refractivity contribution in [1.82, 2.24) is 10.6 Å². The number of thioether (sulfide) groups is 1. The van der Waals surface area contributed by atoms with Gasteiger partial charge in [-0.25, -0.2) is 0 Å². The van der Waals surface area contributed by atoms with Crippen LogP contribution in [0.4, 0.5) is 0 Å². The quantitative estimate of drug-likeness (QED) is 0.871. The number of methoxy groups -OCH3 is 1. The number of hydrogen-bond acceptors (Lipinski definition) is 4. The van der Waals surface area contributed by atoms with Crippen LogP contribution in [-0.2, 0) is 29.0 Å². The predicted molar refractivity (Wildman–Crippen MR) is 95.3 cm³/mol. The summed E-state index contributed by atoms with van der Waals surface area (Å²) in [5.41, 5.74) is 3.69. The fourth-order valence-corrected chi connectivity index (χ4v) is 4.17. The number of hydrogen-bond donors (Lipinski definition) is 2. The van der Waals surface area contributed by atoms with Crippen LogP contribution >= 0.6 is 11.8 Å². The smallest absolute Gasteiger partial charge is 0.243 e. The van der Waals surface area contributed by atoms with Crippen molar-refractivity contribution in [3.8, 4) is 5.75 Å². The Labute approximate surface area is 146 Å². The zero-order valence-electron chi connectivity index (χ0n) is 14.4. The van der Waals surface area contributed by atoms with Crippen molar-refractivity contribution in [2.75, 3.05) is 12.9 Å². The first-order valence-corrected chi connectivity index (χ1v) is 9.30. The Hall–Kier alpha value is -1.69. The topological polar surface area (TPSA) is 67.4 Å². The van der Waals surface area contributed by atoms with Crippen LogP contribution in [0.3, 0.4) is 0 Å². The molecule has 6 heteroatoms. The number of carbonyl (C=O) groups excluding carboxylic acids is 2. The highest BCUT2D eigenvalue weighted by molar-refractivity contribution is 8.01. The summed E-state index contributed by atoms with van der Waals surface area (Å²) in [6.45, 7) is 4.16. The molecule has 0 spiro atoms. The molecule has 0 unspecified atom stereocenters. The van der Waals surface area contributed by atoms with Gasteiger partial charge in [-0.1, -0.05) is 6.07 Å². The van der Waals surface area contributed by atoms with Crippen LogP contribution in [0.15, 0.2) is 12.1 Å². The molecule has 1 aliphatic heterocycles. The second-order valence-electron chi connectivity index (χ2n) is 6.85. The molecular weight excluding hydrogens is 324 g/mol. The highest BCUT2D eigenvalue weighted by atomic mass is 32.2. The molecule has 1 aliphatic carbocycles. The number of fused-ring (bicyclic) bond motifs is 1. The average molecular weight is 348 g/mol. The molecule has 1 aromatic carbocycles. The minimum Gasteiger partial charge on any atom is -0.496 e. The standard InChI is InChI=1S/C18H24N2O3S/c1-18(2)17(22)20-14(10-24-18)16(21)19-9-13-7-11-5-4-6-12(11)8-15(13)23-3/h7-8,14H,4-6,9-10H2,1-3H3,(H,19,21)(H,20,22)/t14-/m1/s1. The van der Waals surface area contributed by atoms with Crippen LogP contribution in [0.25, 0.3) is 0 Å². The maximum atomic E-state index is 12.4. The third kappa shape index (κ3) is 3.38. The molecule has 0 radical (unpaired) electrons. The lowest BCUT2D eigenvalue weighted by molar-refractivity contribution is -0.129. The highest BCUT2D eigenvalue weighted by Gasteiger charge is 2.37. The van der Waals surface area contributed by atoms with Gasteiger partial charge in [0.1, 0.15) is 11.8 Å². The average Bonchev–Trinajstić information content (AvgIpc) is 3.01. The van der Waals surface area contributed by atoms with Crippen molar-refractivity contribution in [3.63, 3.8) is 0 Å². The van der Waals surface area contributed by atoms with Gasteiger partial charge in [-0.2, -0.15) is 0 Å². The van der Waals surface area contributed by atoms with Crippen molar-refractivity contribution in [3.05, 3.63) is 28.8 Å². The first kappa shape index (κ1) is 17.1. The van der Waals surface area contributed by atoms with Crippen LogP contribution in [0.1, 0.15) is 37.0 Å². The van der Waals surface area contributed by atoms with Gasteiger partial charge in [-0.15, -0.1) is 11.8 Å². The van der Waals surface area contributed by atoms with Gasteiger partial charge in [-0.3, -0.25) is 9.59 Å². The van der Waals surface area contributed by atoms with Gasteiger partial charge in [0.25, 0.3) is 0 Å². The van der Waals surface area contributed by atoms with E-state index in [1.54, 1.807) is 7.11 Å². The Morgan fingerprint density at radius 3 is 2.75 bits per heavy atom. The molecule has 1 heterocycles. The van der Waals surface area contributed by atoms with E-state index in [4.69, 9.17) is 4.74 Å². The molecule has 1 atom stereocenters. The molecule has 1 fully saturated rings. The number of carbonyl (C=O) groups is 2. The summed E-state index contributed by atoms with van der Waals surface area (Å²) in [6.07, 6.45) is 3.36. The van der Waals surface area contributed by atoms with E-state index in [0.29, 0.717) is 12.3 Å². The van der Waals surface area contributed by atoms with E-state index in [1.165, 1.54) is 29.3 Å². The molecule has 3 rings (SSSR count). The van der Waals surface area contributed by atoms with Gasteiger partial charge in [-0.05, 0) is 50.3 Å². The minimum atomic E-state index is -0.476. The van der Waals surface area contributed by atoms with Crippen molar-refractivity contribution in [2.24, 2.45) is 0 Å². The highest BCUT2D eigenvalue weighted by Crippen LogP contribution is 2.31. The summed E-state index contributed by atoms with van der Waals surface area (Å²) in [5, 5.41) is 5.75. The van der Waals surface area contributed by atoms with E-state index < -0.39 is 10.8 Å². The van der Waals surface area contributed by atoms with Crippen LogP contribution in [-0.4, -0.2) is 35.5 Å². The van der Waals surface area contributed by atoms with E-state index in [0.717, 1.165) is 24.2 Å². The van der Waals surface area contributed by atoms with E-state index >= 15 is 0 Å². The van der Waals surface area contributed by atoms with Crippen molar-refractivity contribution >= 4 is 23.6 Å². The van der Waals surface area contributed by atoms with Gasteiger partial charge in [0.15, 0.2) is 0 Å². The lowest BCUT2D eigenvalue weighted by Gasteiger charge is -2.32. The van der Waals surface area contributed by atoms with Gasteiger partial charge in [0, 0.05) is 17.9 Å². The number of amides is 2. The molecule has 2 aliphatic rings. The fourth-order valence-electron chi connectivity index (χ4n) is 3.16. The number of benzene rings is 1. The van der Waals surface area contributed by atoms with Crippen molar-refractivity contribution in [2.45, 2.75) is 50.4 Å². The Bertz CT molecular complexity index is 672. The maximum Gasteiger partial charge on any atom is 0.243 e. The van der Waals surface area contributed by atoms with E-state index in [1.807, 2.05) is 13.8 Å². The second kappa shape index (κ2) is 6.67. The number of aryl methyl sites for hydroxylation is 2. The van der Waals surface area contributed by atoms with Gasteiger partial charge >= 0.3 is 0 Å². The van der Waals surface area contributed by atoms with Gasteiger partial charge in [0.2, 0.25) is 11.8 Å². The molecule has 1 saturated heterocycles. The first-order chi connectivity index (χ1) is 11.4. The van der Waals surface area contributed by atoms with Gasteiger partial charge in [0.05, 0.1) is 11.9 Å². The monoisotopic (exact) mass is 348 g/mol. The number of ether oxygens (including phenoxy) is 1. The third-order valence-electron chi connectivity index (χ3n) is 4.73. The summed E-state index contributed by atoms with van der Waals surface area (Å²) in [5.74, 6) is 1.17. The molecule has 1 aromatic rings. The molecule has 2 N–H and O–H groups in total. The van der Waals surface area contributed by atoms with Crippen molar-refractivity contribution in [1.29, 1.82) is 0 Å². The zero-order valence-corrected chi connectivity index (χ0v) is 15.2. The summed E-state index contributed by atoms with van der Waals surface area (Å²) in [4.78, 5) is 24.4. The number of nitrogens with one attached hydrogen (secondary N) is 2. The normalized spacial score (nSPS) is 21.8. The lowest BCUT2D eigenvalue weighted by atomic mass is 10.0. The SMILES string of the molecule is COc1cc2c(cc1CNC(=O)[C@H]1CSC(C)(C)C(=O)N1)CCC2. The zero-order chi connectivity index (χ0) is 17.3. The van der Waals surface area contributed by atoms with Crippen LogP contribution in [0, 0.1) is 0 Å². The summed E-state index contributed by atoms with van der Waals surface area (Å²) in [7, 11) is 1.65. The molecule has 0 saturated carbocycles. The predicted octanol–water partition coefficient (Wildman–Crippen LogP) is 1.81. The van der Waals surface area contributed by atoms with E-state index in [9.17, 15) is 9.59 Å². The van der Waals surface area contributed by atoms with Crippen LogP contribution in [0.2, 0.25) is 0 Å². The Kier molecular flexibility index (Phi) is 4.76. The van der Waals surface area contributed by atoms with Gasteiger partial charge < -0.3 is 15.4 Å². The molecule has 24 heavy (non-hydrogen) atoms. The Morgan fingerprint density at radius 1 is 1.38 bits per heavy atom. The Balaban J connectivity index is 1.64. The summed E-state index contributed by atoms with van der Waals surface area (Å²) >= 11 is 1.51. The maximum absolute atomic E-state index is 12.4. The van der Waals surface area contributed by atoms with Crippen LogP contribution < -0.4 is 15.4 Å². The lowest BCUT2D eigenvalue weighted by Crippen LogP contribution is -2.57. The summed E-state index contributed by atoms with van der Waals surface area (Å²) < 4.78 is 5.00. The summed E-state index contributed by atoms with van der Waals surface area (Å²) in [6, 6.07) is 3.75. The third-order valence-corrected chi connectivity index (χ3v) is 6.13. The van der Waals surface area contributed by atoms with Crippen LogP contribution in [0.5, 0.6) is 5.75 Å². The second-order valence-corrected chi connectivity index (χ2v) is 8.49. The Morgan fingerprint density at radius 2 is 2.08 bits per heavy atom. The van der Waals surface area contributed by atoms with Crippen molar-refractivity contribution < 1.29 is 14.3 Å². The molecule has 5 nitrogen and oxygen atoms in total. The minimum absolute atomic E-state index is 0.0889. The molecular formula is C18H24N2O3S. The molecule has 0 bridgehead atoms. The van der Waals surface area contributed by atoms with E-state index in [2.05, 4.69) is 22.8 Å². The molecule has 2 amide bonds. The first-order valence-electron chi connectivity index (χ1n) is 8.32. The molecule has 130 valence electrons.